The average molecular weight is 688 g/mol. The van der Waals surface area contributed by atoms with Crippen LogP contribution in [0.25, 0.3) is 27.8 Å². The van der Waals surface area contributed by atoms with Gasteiger partial charge >= 0.3 is 0 Å². The normalized spacial score (nSPS) is 12.0. The number of pyridine rings is 1. The Balaban J connectivity index is 0.000000313. The fourth-order valence-corrected chi connectivity index (χ4v) is 3.79. The molecule has 2 aromatic carbocycles. The van der Waals surface area contributed by atoms with E-state index in [-0.39, 0.29) is 37.1 Å². The number of hydrogen-bond acceptors (Lipinski definition) is 3. The molecule has 4 aromatic rings. The van der Waals surface area contributed by atoms with E-state index in [9.17, 15) is 9.90 Å². The smallest absolute Gasteiger partial charge is 0.164 e. The van der Waals surface area contributed by atoms with Crippen LogP contribution < -0.4 is 0 Å². The molecule has 0 saturated carbocycles. The van der Waals surface area contributed by atoms with Gasteiger partial charge in [-0.2, -0.15) is 0 Å². The molecule has 2 heterocycles. The zero-order chi connectivity index (χ0) is 27.5. The molecule has 4 rings (SSSR count). The molecule has 4 nitrogen and oxygen atoms in total. The molecule has 0 spiro atoms. The molecule has 203 valence electrons. The quantitative estimate of drug-likeness (QED) is 0.134. The minimum atomic E-state index is -0.417. The molecule has 1 radical (unpaired) electrons. The van der Waals surface area contributed by atoms with E-state index >= 15 is 0 Å². The van der Waals surface area contributed by atoms with Crippen molar-refractivity contribution < 1.29 is 30.0 Å². The Morgan fingerprint density at radius 3 is 2.11 bits per heavy atom. The third-order valence-corrected chi connectivity index (χ3v) is 6.09. The van der Waals surface area contributed by atoms with E-state index < -0.39 is 5.41 Å². The molecular formula is C33H39IrN2O2-. The summed E-state index contributed by atoms with van der Waals surface area (Å²) in [5.41, 5.74) is 7.06. The summed E-state index contributed by atoms with van der Waals surface area (Å²) < 4.78 is 2.13. The maximum Gasteiger partial charge on any atom is 0.164 e. The van der Waals surface area contributed by atoms with Crippen molar-refractivity contribution in [2.45, 2.75) is 62.3 Å². The van der Waals surface area contributed by atoms with Gasteiger partial charge in [0, 0.05) is 55.1 Å². The molecule has 0 saturated heterocycles. The Kier molecular flexibility index (Phi) is 10.0. The first-order valence-electron chi connectivity index (χ1n) is 12.7. The summed E-state index contributed by atoms with van der Waals surface area (Å²) >= 11 is 0. The largest absolute Gasteiger partial charge is 0.512 e. The van der Waals surface area contributed by atoms with Crippen molar-refractivity contribution >= 4 is 16.7 Å². The Hall–Kier alpha value is -3.01. The molecule has 5 heteroatoms. The van der Waals surface area contributed by atoms with E-state index in [0.29, 0.717) is 0 Å². The SMILES string of the molecule is CC(C)(C)C(=O)/C=C(\O)C(C)(C)C.Cc1[c-]c(-c2ccc3cc(C)c(-n4cccc4)cc3n2)cc(C)c1.[Ir]. The standard InChI is InChI=1S/C22H19N2.C11H20O2.Ir/c1-15-10-16(2)12-19(11-15)20-7-6-18-13-17(3)22(14-21(18)23-20)24-8-4-5-9-24;1-10(2,3)8(12)7-9(13)11(4,5)6;/h4-11,13-14H,1-3H3;7,12H,1-6H3;/q-1;;/b;8-7-;. The maximum atomic E-state index is 11.5. The van der Waals surface area contributed by atoms with Gasteiger partial charge in [0.2, 0.25) is 0 Å². The first-order valence-corrected chi connectivity index (χ1v) is 12.7. The van der Waals surface area contributed by atoms with Gasteiger partial charge in [-0.15, -0.1) is 34.9 Å². The predicted octanol–water partition coefficient (Wildman–Crippen LogP) is 8.51. The molecule has 0 amide bonds. The van der Waals surface area contributed by atoms with Crippen molar-refractivity contribution in [3.8, 4) is 16.9 Å². The first-order chi connectivity index (χ1) is 17.1. The number of aliphatic hydroxyl groups is 1. The Morgan fingerprint density at radius 2 is 1.55 bits per heavy atom. The van der Waals surface area contributed by atoms with Crippen molar-refractivity contribution in [1.29, 1.82) is 0 Å². The Bertz CT molecular complexity index is 1420. The minimum Gasteiger partial charge on any atom is -0.512 e. The van der Waals surface area contributed by atoms with Gasteiger partial charge in [-0.25, -0.2) is 0 Å². The summed E-state index contributed by atoms with van der Waals surface area (Å²) in [7, 11) is 0. The van der Waals surface area contributed by atoms with Gasteiger partial charge < -0.3 is 9.67 Å². The fourth-order valence-electron chi connectivity index (χ4n) is 3.79. The average Bonchev–Trinajstić information content (AvgIpc) is 3.31. The number of ketones is 1. The number of rotatable bonds is 3. The second-order valence-electron chi connectivity index (χ2n) is 11.8. The maximum absolute atomic E-state index is 11.5. The number of allylic oxidation sites excluding steroid dienone is 2. The number of carbonyl (C=O) groups is 1. The number of hydrogen-bond donors (Lipinski definition) is 1. The summed E-state index contributed by atoms with van der Waals surface area (Å²) in [5.74, 6) is 0.104. The molecule has 0 aliphatic heterocycles. The summed E-state index contributed by atoms with van der Waals surface area (Å²) in [6, 6.07) is 20.4. The summed E-state index contributed by atoms with van der Waals surface area (Å²) in [5, 5.41) is 10.7. The van der Waals surface area contributed by atoms with Gasteiger partial charge in [0.05, 0.1) is 5.52 Å². The van der Waals surface area contributed by atoms with Crippen LogP contribution in [0, 0.1) is 37.7 Å². The molecule has 0 fully saturated rings. The second-order valence-corrected chi connectivity index (χ2v) is 11.8. The van der Waals surface area contributed by atoms with Crippen LogP contribution in [0.5, 0.6) is 0 Å². The number of carbonyl (C=O) groups excluding carboxylic acids is 1. The van der Waals surface area contributed by atoms with Crippen LogP contribution in [0.1, 0.15) is 58.2 Å². The zero-order valence-electron chi connectivity index (χ0n) is 23.9. The van der Waals surface area contributed by atoms with Crippen molar-refractivity contribution in [2.24, 2.45) is 10.8 Å². The topological polar surface area (TPSA) is 55.1 Å². The molecule has 0 aliphatic rings. The van der Waals surface area contributed by atoms with Crippen LogP contribution in [0.15, 0.2) is 72.8 Å². The molecule has 2 aromatic heterocycles. The zero-order valence-corrected chi connectivity index (χ0v) is 26.3. The van der Waals surface area contributed by atoms with Gasteiger partial charge in [-0.1, -0.05) is 67.5 Å². The van der Waals surface area contributed by atoms with Crippen molar-refractivity contribution in [3.05, 3.63) is 95.5 Å². The summed E-state index contributed by atoms with van der Waals surface area (Å²) in [4.78, 5) is 16.4. The number of nitrogens with zero attached hydrogens (tertiary/aromatic N) is 2. The van der Waals surface area contributed by atoms with E-state index in [1.165, 1.54) is 22.9 Å². The summed E-state index contributed by atoms with van der Waals surface area (Å²) in [6.45, 7) is 17.4. The Morgan fingerprint density at radius 1 is 0.921 bits per heavy atom. The number of aromatic nitrogens is 2. The third kappa shape index (κ3) is 7.99. The molecule has 0 aliphatic carbocycles. The molecule has 38 heavy (non-hydrogen) atoms. The number of aryl methyl sites for hydroxylation is 3. The molecule has 1 N–H and O–H groups in total. The molecule has 0 atom stereocenters. The molecular weight excluding hydrogens is 649 g/mol. The molecule has 0 unspecified atom stereocenters. The van der Waals surface area contributed by atoms with Gasteiger partial charge in [0.25, 0.3) is 0 Å². The number of fused-ring (bicyclic) bond motifs is 1. The van der Waals surface area contributed by atoms with E-state index in [0.717, 1.165) is 27.7 Å². The minimum absolute atomic E-state index is 0. The van der Waals surface area contributed by atoms with E-state index in [1.54, 1.807) is 0 Å². The van der Waals surface area contributed by atoms with Gasteiger partial charge in [-0.3, -0.25) is 9.78 Å². The van der Waals surface area contributed by atoms with Crippen LogP contribution in [0.2, 0.25) is 0 Å². The van der Waals surface area contributed by atoms with Crippen molar-refractivity contribution in [2.75, 3.05) is 0 Å². The van der Waals surface area contributed by atoms with E-state index in [2.05, 4.69) is 80.2 Å². The summed E-state index contributed by atoms with van der Waals surface area (Å²) in [6.07, 6.45) is 5.46. The third-order valence-electron chi connectivity index (χ3n) is 6.09. The number of aliphatic hydroxyl groups excluding tert-OH is 1. The Labute approximate surface area is 241 Å². The number of benzene rings is 2. The second kappa shape index (κ2) is 12.2. The molecule has 0 bridgehead atoms. The van der Waals surface area contributed by atoms with Crippen LogP contribution in [-0.4, -0.2) is 20.4 Å². The van der Waals surface area contributed by atoms with Crippen LogP contribution in [0.4, 0.5) is 0 Å². The van der Waals surface area contributed by atoms with E-state index in [1.807, 2.05) is 53.7 Å². The van der Waals surface area contributed by atoms with Crippen LogP contribution in [0.3, 0.4) is 0 Å². The van der Waals surface area contributed by atoms with Crippen molar-refractivity contribution in [1.82, 2.24) is 9.55 Å². The first kappa shape index (κ1) is 31.2. The van der Waals surface area contributed by atoms with Gasteiger partial charge in [0.1, 0.15) is 5.76 Å². The predicted molar refractivity (Wildman–Crippen MR) is 154 cm³/mol. The van der Waals surface area contributed by atoms with Crippen LogP contribution in [-0.2, 0) is 24.9 Å². The van der Waals surface area contributed by atoms with Crippen LogP contribution >= 0.6 is 0 Å². The van der Waals surface area contributed by atoms with Crippen molar-refractivity contribution in [3.63, 3.8) is 0 Å². The van der Waals surface area contributed by atoms with Gasteiger partial charge in [0.15, 0.2) is 5.78 Å². The fraction of sp³-hybridized carbons (Fsp3) is 0.333. The van der Waals surface area contributed by atoms with Gasteiger partial charge in [-0.05, 0) is 47.8 Å². The monoisotopic (exact) mass is 688 g/mol. The van der Waals surface area contributed by atoms with E-state index in [4.69, 9.17) is 4.98 Å².